The van der Waals surface area contributed by atoms with Crippen molar-refractivity contribution in [1.82, 2.24) is 19.9 Å². The number of pyridine rings is 1. The van der Waals surface area contributed by atoms with Crippen molar-refractivity contribution in [3.8, 4) is 11.6 Å². The Morgan fingerprint density at radius 3 is 2.37 bits per heavy atom. The lowest BCUT2D eigenvalue weighted by atomic mass is 9.91. The van der Waals surface area contributed by atoms with Crippen molar-refractivity contribution >= 4 is 6.09 Å². The molecule has 0 atom stereocenters. The number of piperidine rings is 1. The molecule has 30 heavy (non-hydrogen) atoms. The molecule has 3 heterocycles. The van der Waals surface area contributed by atoms with E-state index in [1.165, 1.54) is 12.4 Å². The van der Waals surface area contributed by atoms with Crippen LogP contribution in [0.15, 0.2) is 30.9 Å². The first kappa shape index (κ1) is 21.8. The smallest absolute Gasteiger partial charge is 0.433 e. The molecule has 0 aromatic carbocycles. The fourth-order valence-corrected chi connectivity index (χ4v) is 3.11. The number of ether oxygens (including phenoxy) is 2. The largest absolute Gasteiger partial charge is 0.444 e. The van der Waals surface area contributed by atoms with Gasteiger partial charge >= 0.3 is 12.3 Å². The normalized spacial score (nSPS) is 15.7. The number of amides is 1. The molecule has 2 aromatic rings. The molecule has 7 nitrogen and oxygen atoms in total. The van der Waals surface area contributed by atoms with Gasteiger partial charge in [-0.3, -0.25) is 0 Å². The minimum atomic E-state index is -4.51. The van der Waals surface area contributed by atoms with E-state index in [0.717, 1.165) is 17.8 Å². The van der Waals surface area contributed by atoms with Crippen molar-refractivity contribution in [1.29, 1.82) is 0 Å². The Balaban J connectivity index is 1.67. The zero-order chi connectivity index (χ0) is 21.9. The fourth-order valence-electron chi connectivity index (χ4n) is 3.11. The van der Waals surface area contributed by atoms with Crippen LogP contribution >= 0.6 is 0 Å². The molecule has 1 fully saturated rings. The Morgan fingerprint density at radius 1 is 1.10 bits per heavy atom. The molecular formula is C20H23F3N4O3. The number of hydrogen-bond acceptors (Lipinski definition) is 6. The molecule has 1 saturated heterocycles. The van der Waals surface area contributed by atoms with Crippen molar-refractivity contribution < 1.29 is 27.4 Å². The van der Waals surface area contributed by atoms with Gasteiger partial charge in [0.1, 0.15) is 23.4 Å². The summed E-state index contributed by atoms with van der Waals surface area (Å²) < 4.78 is 49.1. The lowest BCUT2D eigenvalue weighted by molar-refractivity contribution is -0.141. The van der Waals surface area contributed by atoms with Crippen LogP contribution in [0.4, 0.5) is 18.0 Å². The van der Waals surface area contributed by atoms with Gasteiger partial charge in [-0.15, -0.1) is 0 Å². The summed E-state index contributed by atoms with van der Waals surface area (Å²) >= 11 is 0. The Hall–Kier alpha value is -2.91. The third kappa shape index (κ3) is 5.58. The molecule has 1 aliphatic heterocycles. The van der Waals surface area contributed by atoms with Crippen LogP contribution in [0.1, 0.15) is 50.8 Å². The third-order valence-electron chi connectivity index (χ3n) is 4.53. The first-order valence-corrected chi connectivity index (χ1v) is 9.52. The summed E-state index contributed by atoms with van der Waals surface area (Å²) in [6, 6.07) is 2.06. The summed E-state index contributed by atoms with van der Waals surface area (Å²) in [5.41, 5.74) is -0.814. The van der Waals surface area contributed by atoms with Gasteiger partial charge in [0.15, 0.2) is 0 Å². The van der Waals surface area contributed by atoms with Gasteiger partial charge in [-0.1, -0.05) is 0 Å². The van der Waals surface area contributed by atoms with Crippen LogP contribution < -0.4 is 4.74 Å². The van der Waals surface area contributed by atoms with Crippen LogP contribution in [0.2, 0.25) is 0 Å². The topological polar surface area (TPSA) is 77.4 Å². The van der Waals surface area contributed by atoms with Crippen LogP contribution in [0.3, 0.4) is 0 Å². The van der Waals surface area contributed by atoms with Gasteiger partial charge in [-0.05, 0) is 51.7 Å². The Bertz CT molecular complexity index is 874. The number of aromatic nitrogens is 3. The van der Waals surface area contributed by atoms with Crippen LogP contribution in [0, 0.1) is 0 Å². The fraction of sp³-hybridized carbons (Fsp3) is 0.500. The Morgan fingerprint density at radius 2 is 1.80 bits per heavy atom. The molecule has 3 rings (SSSR count). The number of carbonyl (C=O) groups excluding carboxylic acids is 1. The summed E-state index contributed by atoms with van der Waals surface area (Å²) in [7, 11) is 0. The number of halogens is 3. The van der Waals surface area contributed by atoms with Crippen molar-refractivity contribution in [3.05, 3.63) is 42.1 Å². The number of likely N-dealkylation sites (tertiary alicyclic amines) is 1. The van der Waals surface area contributed by atoms with E-state index in [9.17, 15) is 18.0 Å². The highest BCUT2D eigenvalue weighted by atomic mass is 19.4. The summed E-state index contributed by atoms with van der Waals surface area (Å²) in [6.07, 6.45) is 0.417. The maximum Gasteiger partial charge on any atom is 0.433 e. The molecule has 1 aliphatic rings. The maximum absolute atomic E-state index is 12.7. The molecule has 0 unspecified atom stereocenters. The van der Waals surface area contributed by atoms with Crippen LogP contribution in [-0.2, 0) is 10.9 Å². The maximum atomic E-state index is 12.7. The first-order chi connectivity index (χ1) is 14.0. The molecule has 0 saturated carbocycles. The van der Waals surface area contributed by atoms with Gasteiger partial charge in [0, 0.05) is 24.8 Å². The van der Waals surface area contributed by atoms with E-state index >= 15 is 0 Å². The molecule has 0 spiro atoms. The van der Waals surface area contributed by atoms with E-state index in [0.29, 0.717) is 25.9 Å². The standard InChI is InChI=1S/C20H23F3N4O3/c1-19(2,3)30-18(28)27-8-6-13(7-9-27)15-11-24-12-26-17(15)29-14-4-5-16(25-10-14)20(21,22)23/h4-5,10-13H,6-9H2,1-3H3. The monoisotopic (exact) mass is 424 g/mol. The second-order valence-electron chi connectivity index (χ2n) is 8.00. The van der Waals surface area contributed by atoms with Gasteiger partial charge in [-0.25, -0.2) is 19.7 Å². The highest BCUT2D eigenvalue weighted by molar-refractivity contribution is 5.68. The highest BCUT2D eigenvalue weighted by Crippen LogP contribution is 2.35. The average molecular weight is 424 g/mol. The molecule has 162 valence electrons. The summed E-state index contributed by atoms with van der Waals surface area (Å²) in [5, 5.41) is 0. The van der Waals surface area contributed by atoms with Crippen molar-refractivity contribution in [2.75, 3.05) is 13.1 Å². The molecule has 0 N–H and O–H groups in total. The summed E-state index contributed by atoms with van der Waals surface area (Å²) in [6.45, 7) is 6.47. The van der Waals surface area contributed by atoms with Crippen molar-refractivity contribution in [2.24, 2.45) is 0 Å². The second-order valence-corrected chi connectivity index (χ2v) is 8.00. The third-order valence-corrected chi connectivity index (χ3v) is 4.53. The van der Waals surface area contributed by atoms with E-state index in [1.807, 2.05) is 20.8 Å². The van der Waals surface area contributed by atoms with Gasteiger partial charge in [0.25, 0.3) is 0 Å². The molecule has 10 heteroatoms. The van der Waals surface area contributed by atoms with Crippen LogP contribution in [0.5, 0.6) is 11.6 Å². The molecule has 0 bridgehead atoms. The van der Waals surface area contributed by atoms with Crippen molar-refractivity contribution in [2.45, 2.75) is 51.3 Å². The summed E-state index contributed by atoms with van der Waals surface area (Å²) in [4.78, 5) is 25.5. The molecule has 1 amide bonds. The number of alkyl halides is 3. The van der Waals surface area contributed by atoms with Crippen LogP contribution in [-0.4, -0.2) is 44.6 Å². The van der Waals surface area contributed by atoms with E-state index < -0.39 is 17.5 Å². The lowest BCUT2D eigenvalue weighted by Crippen LogP contribution is -2.41. The number of hydrogen-bond donors (Lipinski definition) is 0. The predicted octanol–water partition coefficient (Wildman–Crippen LogP) is 4.80. The molecule has 0 radical (unpaired) electrons. The van der Waals surface area contributed by atoms with Gasteiger partial charge in [-0.2, -0.15) is 13.2 Å². The minimum Gasteiger partial charge on any atom is -0.444 e. The molecular weight excluding hydrogens is 401 g/mol. The zero-order valence-electron chi connectivity index (χ0n) is 16.9. The molecule has 0 aliphatic carbocycles. The van der Waals surface area contributed by atoms with E-state index in [1.54, 1.807) is 11.1 Å². The first-order valence-electron chi connectivity index (χ1n) is 9.52. The van der Waals surface area contributed by atoms with Gasteiger partial charge in [0.2, 0.25) is 5.88 Å². The zero-order valence-corrected chi connectivity index (χ0v) is 16.9. The minimum absolute atomic E-state index is 0.0438. The lowest BCUT2D eigenvalue weighted by Gasteiger charge is -2.33. The number of rotatable bonds is 3. The quantitative estimate of drug-likeness (QED) is 0.705. The number of nitrogens with zero attached hydrogens (tertiary/aromatic N) is 4. The van der Waals surface area contributed by atoms with Crippen LogP contribution in [0.25, 0.3) is 0 Å². The van der Waals surface area contributed by atoms with Gasteiger partial charge in [0.05, 0.1) is 6.20 Å². The second kappa shape index (κ2) is 8.45. The Kier molecular flexibility index (Phi) is 6.14. The van der Waals surface area contributed by atoms with Gasteiger partial charge < -0.3 is 14.4 Å². The average Bonchev–Trinajstić information content (AvgIpc) is 2.67. The number of carbonyl (C=O) groups is 1. The SMILES string of the molecule is CC(C)(C)OC(=O)N1CCC(c2cncnc2Oc2ccc(C(F)(F)F)nc2)CC1. The van der Waals surface area contributed by atoms with Crippen molar-refractivity contribution in [3.63, 3.8) is 0 Å². The van der Waals surface area contributed by atoms with E-state index in [-0.39, 0.29) is 23.6 Å². The summed E-state index contributed by atoms with van der Waals surface area (Å²) in [5.74, 6) is 0.457. The predicted molar refractivity (Wildman–Crippen MR) is 101 cm³/mol. The van der Waals surface area contributed by atoms with E-state index in [4.69, 9.17) is 9.47 Å². The van der Waals surface area contributed by atoms with E-state index in [2.05, 4.69) is 15.0 Å². The Labute approximate surface area is 172 Å². The molecule has 2 aromatic heterocycles. The highest BCUT2D eigenvalue weighted by Gasteiger charge is 2.32.